The molecule has 158 valence electrons. The van der Waals surface area contributed by atoms with Crippen LogP contribution in [0, 0.1) is 0 Å². The largest absolute Gasteiger partial charge is 0.493 e. The fourth-order valence-electron chi connectivity index (χ4n) is 3.44. The van der Waals surface area contributed by atoms with Gasteiger partial charge in [-0.2, -0.15) is 13.2 Å². The summed E-state index contributed by atoms with van der Waals surface area (Å²) in [4.78, 5) is 7.94. The zero-order valence-electron chi connectivity index (χ0n) is 16.8. The summed E-state index contributed by atoms with van der Waals surface area (Å²) in [5.74, 6) is 1.47. The van der Waals surface area contributed by atoms with Crippen molar-refractivity contribution in [2.45, 2.75) is 6.18 Å². The van der Waals surface area contributed by atoms with Crippen LogP contribution in [0.1, 0.15) is 5.56 Å². The van der Waals surface area contributed by atoms with E-state index in [0.29, 0.717) is 39.8 Å². The molecular formula is C24H19F3N2O2. The van der Waals surface area contributed by atoms with Crippen molar-refractivity contribution in [1.82, 2.24) is 9.97 Å². The lowest BCUT2D eigenvalue weighted by molar-refractivity contribution is -0.137. The molecule has 31 heavy (non-hydrogen) atoms. The molecule has 0 fully saturated rings. The molecule has 0 aliphatic heterocycles. The molecule has 0 radical (unpaired) electrons. The smallest absolute Gasteiger partial charge is 0.416 e. The van der Waals surface area contributed by atoms with Gasteiger partial charge in [-0.1, -0.05) is 48.5 Å². The Balaban J connectivity index is 1.94. The molecule has 0 spiro atoms. The second kappa shape index (κ2) is 8.18. The second-order valence-corrected chi connectivity index (χ2v) is 6.79. The average Bonchev–Trinajstić information content (AvgIpc) is 3.24. The van der Waals surface area contributed by atoms with Crippen LogP contribution in [0.4, 0.5) is 13.2 Å². The molecule has 1 heterocycles. The van der Waals surface area contributed by atoms with Crippen LogP contribution in [0.5, 0.6) is 11.5 Å². The molecule has 1 N–H and O–H groups in total. The summed E-state index contributed by atoms with van der Waals surface area (Å²) in [6.45, 7) is 0. The number of alkyl halides is 3. The van der Waals surface area contributed by atoms with Crippen LogP contribution in [0.25, 0.3) is 33.9 Å². The van der Waals surface area contributed by atoms with Crippen molar-refractivity contribution >= 4 is 0 Å². The number of nitrogens with zero attached hydrogens (tertiary/aromatic N) is 1. The molecule has 0 aliphatic rings. The number of hydrogen-bond donors (Lipinski definition) is 1. The van der Waals surface area contributed by atoms with Crippen LogP contribution in [0.2, 0.25) is 0 Å². The molecule has 7 heteroatoms. The maximum atomic E-state index is 13.3. The van der Waals surface area contributed by atoms with E-state index in [1.54, 1.807) is 18.2 Å². The molecule has 4 rings (SSSR count). The summed E-state index contributed by atoms with van der Waals surface area (Å²) < 4.78 is 50.8. The van der Waals surface area contributed by atoms with E-state index < -0.39 is 11.7 Å². The average molecular weight is 424 g/mol. The van der Waals surface area contributed by atoms with Crippen molar-refractivity contribution in [1.29, 1.82) is 0 Å². The number of halogens is 3. The van der Waals surface area contributed by atoms with Gasteiger partial charge in [0.05, 0.1) is 36.7 Å². The molecule has 0 saturated carbocycles. The van der Waals surface area contributed by atoms with Crippen LogP contribution < -0.4 is 9.47 Å². The fourth-order valence-corrected chi connectivity index (χ4v) is 3.44. The highest BCUT2D eigenvalue weighted by molar-refractivity contribution is 5.83. The Labute approximate surface area is 177 Å². The summed E-state index contributed by atoms with van der Waals surface area (Å²) in [5, 5.41) is 0. The molecule has 0 amide bonds. The van der Waals surface area contributed by atoms with Crippen LogP contribution >= 0.6 is 0 Å². The van der Waals surface area contributed by atoms with E-state index in [9.17, 15) is 13.2 Å². The molecule has 0 bridgehead atoms. The van der Waals surface area contributed by atoms with Crippen LogP contribution in [-0.2, 0) is 6.18 Å². The van der Waals surface area contributed by atoms with Gasteiger partial charge in [0.1, 0.15) is 5.82 Å². The van der Waals surface area contributed by atoms with E-state index in [0.717, 1.165) is 17.7 Å². The van der Waals surface area contributed by atoms with Crippen molar-refractivity contribution in [2.75, 3.05) is 14.2 Å². The summed E-state index contributed by atoms with van der Waals surface area (Å²) in [5.41, 5.74) is 2.09. The number of hydrogen-bond acceptors (Lipinski definition) is 3. The zero-order valence-corrected chi connectivity index (χ0v) is 16.8. The Hall–Kier alpha value is -3.74. The standard InChI is InChI=1S/C24H19F3N2O2/c1-30-19-13-7-12-18(22(19)31-2)23-28-20(15-8-4-3-5-9-15)21(29-23)16-10-6-11-17(14-16)24(25,26)27/h3-14H,1-2H3,(H,28,29). The van der Waals surface area contributed by atoms with Gasteiger partial charge in [0.2, 0.25) is 0 Å². The van der Waals surface area contributed by atoms with Crippen molar-refractivity contribution in [3.05, 3.63) is 78.4 Å². The number of aromatic nitrogens is 2. The fraction of sp³-hybridized carbons (Fsp3) is 0.125. The summed E-state index contributed by atoms with van der Waals surface area (Å²) in [7, 11) is 3.06. The third kappa shape index (κ3) is 3.99. The summed E-state index contributed by atoms with van der Waals surface area (Å²) in [6, 6.07) is 19.9. The van der Waals surface area contributed by atoms with Crippen molar-refractivity contribution < 1.29 is 22.6 Å². The van der Waals surface area contributed by atoms with Gasteiger partial charge in [-0.25, -0.2) is 4.98 Å². The van der Waals surface area contributed by atoms with Gasteiger partial charge >= 0.3 is 6.18 Å². The first kappa shape index (κ1) is 20.5. The van der Waals surface area contributed by atoms with Crippen LogP contribution in [-0.4, -0.2) is 24.2 Å². The molecule has 3 aromatic carbocycles. The number of ether oxygens (including phenoxy) is 2. The number of aromatic amines is 1. The van der Waals surface area contributed by atoms with E-state index in [1.165, 1.54) is 20.3 Å². The highest BCUT2D eigenvalue weighted by Gasteiger charge is 2.31. The van der Waals surface area contributed by atoms with Crippen LogP contribution in [0.3, 0.4) is 0 Å². The van der Waals surface area contributed by atoms with Crippen molar-refractivity contribution in [3.63, 3.8) is 0 Å². The highest BCUT2D eigenvalue weighted by atomic mass is 19.4. The minimum atomic E-state index is -4.45. The second-order valence-electron chi connectivity index (χ2n) is 6.79. The third-order valence-electron chi connectivity index (χ3n) is 4.89. The predicted octanol–water partition coefficient (Wildman–Crippen LogP) is 6.45. The SMILES string of the molecule is COc1cccc(-c2nc(-c3cccc(C(F)(F)F)c3)c(-c3ccccc3)[nH]2)c1OC. The molecular weight excluding hydrogens is 405 g/mol. The van der Waals surface area contributed by atoms with E-state index >= 15 is 0 Å². The predicted molar refractivity (Wildman–Crippen MR) is 113 cm³/mol. The van der Waals surface area contributed by atoms with E-state index in [-0.39, 0.29) is 0 Å². The Morgan fingerprint density at radius 2 is 1.52 bits per heavy atom. The van der Waals surface area contributed by atoms with E-state index in [2.05, 4.69) is 9.97 Å². The lowest BCUT2D eigenvalue weighted by atomic mass is 10.0. The zero-order chi connectivity index (χ0) is 22.0. The Kier molecular flexibility index (Phi) is 5.42. The minimum Gasteiger partial charge on any atom is -0.493 e. The number of H-pyrrole nitrogens is 1. The quantitative estimate of drug-likeness (QED) is 0.401. The first-order valence-electron chi connectivity index (χ1n) is 9.46. The first-order chi connectivity index (χ1) is 14.9. The van der Waals surface area contributed by atoms with Gasteiger partial charge in [-0.3, -0.25) is 0 Å². The van der Waals surface area contributed by atoms with Gasteiger partial charge in [0.25, 0.3) is 0 Å². The molecule has 1 aromatic heterocycles. The molecule has 0 aliphatic carbocycles. The molecule has 4 nitrogen and oxygen atoms in total. The number of nitrogens with one attached hydrogen (secondary N) is 1. The van der Waals surface area contributed by atoms with Crippen molar-refractivity contribution in [2.24, 2.45) is 0 Å². The van der Waals surface area contributed by atoms with E-state index in [4.69, 9.17) is 9.47 Å². The summed E-state index contributed by atoms with van der Waals surface area (Å²) in [6.07, 6.45) is -4.45. The summed E-state index contributed by atoms with van der Waals surface area (Å²) >= 11 is 0. The van der Waals surface area contributed by atoms with Crippen molar-refractivity contribution in [3.8, 4) is 45.4 Å². The number of imidazole rings is 1. The van der Waals surface area contributed by atoms with Gasteiger partial charge in [-0.05, 0) is 24.3 Å². The number of rotatable bonds is 5. The number of methoxy groups -OCH3 is 2. The maximum absolute atomic E-state index is 13.3. The Morgan fingerprint density at radius 1 is 0.806 bits per heavy atom. The lowest BCUT2D eigenvalue weighted by Gasteiger charge is -2.10. The maximum Gasteiger partial charge on any atom is 0.416 e. The molecule has 0 saturated heterocycles. The molecule has 4 aromatic rings. The molecule has 0 atom stereocenters. The lowest BCUT2D eigenvalue weighted by Crippen LogP contribution is -2.04. The number of para-hydroxylation sites is 1. The third-order valence-corrected chi connectivity index (χ3v) is 4.89. The minimum absolute atomic E-state index is 0.359. The Morgan fingerprint density at radius 3 is 2.19 bits per heavy atom. The van der Waals surface area contributed by atoms with Gasteiger partial charge < -0.3 is 14.5 Å². The van der Waals surface area contributed by atoms with Gasteiger partial charge in [-0.15, -0.1) is 0 Å². The highest BCUT2D eigenvalue weighted by Crippen LogP contribution is 2.40. The van der Waals surface area contributed by atoms with Crippen LogP contribution in [0.15, 0.2) is 72.8 Å². The van der Waals surface area contributed by atoms with Gasteiger partial charge in [0.15, 0.2) is 11.5 Å². The Bertz CT molecular complexity index is 1200. The molecule has 0 unspecified atom stereocenters. The monoisotopic (exact) mass is 424 g/mol. The normalized spacial score (nSPS) is 11.4. The first-order valence-corrected chi connectivity index (χ1v) is 9.46. The van der Waals surface area contributed by atoms with Gasteiger partial charge in [0, 0.05) is 11.1 Å². The number of benzene rings is 3. The topological polar surface area (TPSA) is 47.1 Å². The van der Waals surface area contributed by atoms with E-state index in [1.807, 2.05) is 36.4 Å².